The number of alkyl halides is 3. The van der Waals surface area contributed by atoms with Gasteiger partial charge in [0.05, 0.1) is 7.11 Å². The number of ether oxygens (including phenoxy) is 3. The van der Waals surface area contributed by atoms with E-state index in [1.165, 1.54) is 13.2 Å². The first-order valence-corrected chi connectivity index (χ1v) is 8.32. The van der Waals surface area contributed by atoms with E-state index >= 15 is 0 Å². The Morgan fingerprint density at radius 3 is 2.14 bits per heavy atom. The van der Waals surface area contributed by atoms with Crippen LogP contribution >= 0.6 is 0 Å². The van der Waals surface area contributed by atoms with E-state index < -0.39 is 18.1 Å². The van der Waals surface area contributed by atoms with Gasteiger partial charge in [0.1, 0.15) is 17.1 Å². The Morgan fingerprint density at radius 1 is 1.00 bits per heavy atom. The topological polar surface area (TPSA) is 65.0 Å². The third-order valence-corrected chi connectivity index (χ3v) is 3.97. The summed E-state index contributed by atoms with van der Waals surface area (Å²) >= 11 is 0. The summed E-state index contributed by atoms with van der Waals surface area (Å²) in [4.78, 5) is 11.7. The summed E-state index contributed by atoms with van der Waals surface area (Å²) in [5.74, 6) is -1.55. The Balaban J connectivity index is 2.52. The molecule has 0 aliphatic heterocycles. The van der Waals surface area contributed by atoms with Crippen LogP contribution in [0.15, 0.2) is 30.3 Å². The summed E-state index contributed by atoms with van der Waals surface area (Å²) in [6.07, 6.45) is -4.85. The predicted octanol–water partition coefficient (Wildman–Crippen LogP) is 5.69. The first-order chi connectivity index (χ1) is 12.8. The lowest BCUT2D eigenvalue weighted by Crippen LogP contribution is -2.17. The van der Waals surface area contributed by atoms with Gasteiger partial charge in [-0.1, -0.05) is 26.8 Å². The van der Waals surface area contributed by atoms with Crippen LogP contribution in [0.1, 0.15) is 42.3 Å². The minimum Gasteiger partial charge on any atom is -0.493 e. The van der Waals surface area contributed by atoms with Crippen molar-refractivity contribution < 1.29 is 37.3 Å². The second-order valence-electron chi connectivity index (χ2n) is 7.18. The Hall–Kier alpha value is -2.90. The van der Waals surface area contributed by atoms with Crippen LogP contribution in [0, 0.1) is 6.92 Å². The minimum absolute atomic E-state index is 0.0306. The molecule has 0 spiro atoms. The number of hydrogen-bond acceptors (Lipinski definition) is 4. The Bertz CT molecular complexity index is 883. The quantitative estimate of drug-likeness (QED) is 0.701. The van der Waals surface area contributed by atoms with Gasteiger partial charge in [0.15, 0.2) is 11.5 Å². The molecule has 0 aromatic heterocycles. The maximum Gasteiger partial charge on any atom is 0.573 e. The van der Waals surface area contributed by atoms with Crippen molar-refractivity contribution in [2.24, 2.45) is 0 Å². The highest BCUT2D eigenvalue weighted by molar-refractivity contribution is 5.93. The van der Waals surface area contributed by atoms with Gasteiger partial charge in [-0.2, -0.15) is 0 Å². The summed E-state index contributed by atoms with van der Waals surface area (Å²) in [5.41, 5.74) is 1.05. The molecular weight excluding hydrogens is 377 g/mol. The number of aryl methyl sites for hydroxylation is 1. The number of carboxylic acids is 1. The van der Waals surface area contributed by atoms with Gasteiger partial charge in [-0.3, -0.25) is 0 Å². The number of carboxylic acid groups (broad SMARTS) is 1. The van der Waals surface area contributed by atoms with E-state index in [-0.39, 0.29) is 28.2 Å². The largest absolute Gasteiger partial charge is 0.573 e. The molecular formula is C20H21F3O5. The molecule has 0 unspecified atom stereocenters. The molecule has 0 saturated heterocycles. The van der Waals surface area contributed by atoms with Crippen molar-refractivity contribution >= 4 is 5.97 Å². The van der Waals surface area contributed by atoms with E-state index in [1.807, 2.05) is 20.8 Å². The molecule has 0 bridgehead atoms. The molecule has 28 heavy (non-hydrogen) atoms. The summed E-state index contributed by atoms with van der Waals surface area (Å²) in [6, 6.07) is 6.68. The van der Waals surface area contributed by atoms with Crippen LogP contribution in [0.2, 0.25) is 0 Å². The molecule has 0 amide bonds. The molecule has 0 fully saturated rings. The van der Waals surface area contributed by atoms with Gasteiger partial charge in [0, 0.05) is 6.07 Å². The molecule has 2 aromatic carbocycles. The highest BCUT2D eigenvalue weighted by atomic mass is 19.4. The number of halogens is 3. The van der Waals surface area contributed by atoms with E-state index in [0.29, 0.717) is 5.56 Å². The van der Waals surface area contributed by atoms with Crippen molar-refractivity contribution in [3.05, 3.63) is 47.0 Å². The van der Waals surface area contributed by atoms with Gasteiger partial charge in [0.2, 0.25) is 0 Å². The maximum atomic E-state index is 12.4. The van der Waals surface area contributed by atoms with E-state index in [9.17, 15) is 23.1 Å². The molecule has 0 radical (unpaired) electrons. The maximum absolute atomic E-state index is 12.4. The fourth-order valence-corrected chi connectivity index (χ4v) is 2.59. The van der Waals surface area contributed by atoms with E-state index in [2.05, 4.69) is 4.74 Å². The van der Waals surface area contributed by atoms with Gasteiger partial charge < -0.3 is 19.3 Å². The van der Waals surface area contributed by atoms with Crippen molar-refractivity contribution in [3.8, 4) is 23.0 Å². The average Bonchev–Trinajstić information content (AvgIpc) is 2.53. The molecule has 1 N–H and O–H groups in total. The molecule has 152 valence electrons. The van der Waals surface area contributed by atoms with E-state index in [0.717, 1.165) is 17.7 Å². The third kappa shape index (κ3) is 5.09. The molecule has 0 heterocycles. The van der Waals surface area contributed by atoms with Crippen LogP contribution in [0.3, 0.4) is 0 Å². The SMILES string of the molecule is COc1cc(OC(F)(F)F)ccc1Oc1cc(C(C)(C)C)cc(C)c1C(=O)O. The van der Waals surface area contributed by atoms with Crippen molar-refractivity contribution in [1.82, 2.24) is 0 Å². The first-order valence-electron chi connectivity index (χ1n) is 8.32. The van der Waals surface area contributed by atoms with Gasteiger partial charge in [-0.05, 0) is 41.7 Å². The Kier molecular flexibility index (Phi) is 5.82. The monoisotopic (exact) mass is 398 g/mol. The Labute approximate surface area is 160 Å². The highest BCUT2D eigenvalue weighted by Gasteiger charge is 2.31. The molecule has 0 saturated carbocycles. The number of methoxy groups -OCH3 is 1. The van der Waals surface area contributed by atoms with Crippen molar-refractivity contribution in [2.75, 3.05) is 7.11 Å². The zero-order valence-electron chi connectivity index (χ0n) is 16.1. The standard InChI is InChI=1S/C20H21F3O5/c1-11-8-12(19(2,3)4)9-16(17(11)18(24)25)27-14-7-6-13(10-15(14)26-5)28-20(21,22)23/h6-10H,1-5H3,(H,24,25). The van der Waals surface area contributed by atoms with E-state index in [1.54, 1.807) is 19.1 Å². The van der Waals surface area contributed by atoms with Crippen LogP contribution in [0.5, 0.6) is 23.0 Å². The molecule has 8 heteroatoms. The predicted molar refractivity (Wildman–Crippen MR) is 96.6 cm³/mol. The number of carbonyl (C=O) groups is 1. The number of benzene rings is 2. The number of hydrogen-bond donors (Lipinski definition) is 1. The molecule has 2 rings (SSSR count). The molecule has 5 nitrogen and oxygen atoms in total. The zero-order chi connectivity index (χ0) is 21.3. The van der Waals surface area contributed by atoms with Crippen LogP contribution < -0.4 is 14.2 Å². The normalized spacial score (nSPS) is 11.9. The summed E-state index contributed by atoms with van der Waals surface area (Å²) in [6.45, 7) is 7.56. The highest BCUT2D eigenvalue weighted by Crippen LogP contribution is 2.39. The number of aromatic carboxylic acids is 1. The van der Waals surface area contributed by atoms with Crippen LogP contribution in [-0.4, -0.2) is 24.5 Å². The molecule has 0 atom stereocenters. The molecule has 2 aromatic rings. The lowest BCUT2D eigenvalue weighted by molar-refractivity contribution is -0.274. The zero-order valence-corrected chi connectivity index (χ0v) is 16.1. The Morgan fingerprint density at radius 2 is 1.64 bits per heavy atom. The van der Waals surface area contributed by atoms with Crippen molar-refractivity contribution in [3.63, 3.8) is 0 Å². The summed E-state index contributed by atoms with van der Waals surface area (Å²) < 4.78 is 51.9. The van der Waals surface area contributed by atoms with Gasteiger partial charge in [-0.15, -0.1) is 13.2 Å². The smallest absolute Gasteiger partial charge is 0.493 e. The molecule has 0 aliphatic rings. The van der Waals surface area contributed by atoms with Crippen LogP contribution in [-0.2, 0) is 5.41 Å². The van der Waals surface area contributed by atoms with Gasteiger partial charge in [0.25, 0.3) is 0 Å². The van der Waals surface area contributed by atoms with Crippen molar-refractivity contribution in [2.45, 2.75) is 39.5 Å². The summed E-state index contributed by atoms with van der Waals surface area (Å²) in [5, 5.41) is 9.56. The van der Waals surface area contributed by atoms with Crippen molar-refractivity contribution in [1.29, 1.82) is 0 Å². The van der Waals surface area contributed by atoms with Crippen LogP contribution in [0.4, 0.5) is 13.2 Å². The van der Waals surface area contributed by atoms with Gasteiger partial charge in [-0.25, -0.2) is 4.79 Å². The van der Waals surface area contributed by atoms with Crippen LogP contribution in [0.25, 0.3) is 0 Å². The summed E-state index contributed by atoms with van der Waals surface area (Å²) in [7, 11) is 1.26. The van der Waals surface area contributed by atoms with Gasteiger partial charge >= 0.3 is 12.3 Å². The number of rotatable bonds is 5. The second kappa shape index (κ2) is 7.61. The fourth-order valence-electron chi connectivity index (χ4n) is 2.59. The fraction of sp³-hybridized carbons (Fsp3) is 0.350. The first kappa shape index (κ1) is 21.4. The minimum atomic E-state index is -4.85. The third-order valence-electron chi connectivity index (χ3n) is 3.97. The average molecular weight is 398 g/mol. The second-order valence-corrected chi connectivity index (χ2v) is 7.18. The molecule has 0 aliphatic carbocycles. The van der Waals surface area contributed by atoms with E-state index in [4.69, 9.17) is 9.47 Å². The lowest BCUT2D eigenvalue weighted by atomic mass is 9.85. The lowest BCUT2D eigenvalue weighted by Gasteiger charge is -2.22.